The van der Waals surface area contributed by atoms with Crippen molar-refractivity contribution in [1.29, 1.82) is 0 Å². The van der Waals surface area contributed by atoms with E-state index < -0.39 is 0 Å². The van der Waals surface area contributed by atoms with Crippen LogP contribution in [0.4, 0.5) is 5.13 Å². The van der Waals surface area contributed by atoms with Crippen molar-refractivity contribution >= 4 is 16.5 Å². The molecule has 0 radical (unpaired) electrons. The highest BCUT2D eigenvalue weighted by Crippen LogP contribution is 2.25. The van der Waals surface area contributed by atoms with Gasteiger partial charge in [-0.2, -0.15) is 0 Å². The predicted molar refractivity (Wildman–Crippen MR) is 77.3 cm³/mol. The minimum atomic E-state index is 0.764. The Morgan fingerprint density at radius 1 is 1.28 bits per heavy atom. The number of aromatic nitrogens is 1. The van der Waals surface area contributed by atoms with Crippen molar-refractivity contribution in [3.8, 4) is 11.3 Å². The number of thiazole rings is 1. The van der Waals surface area contributed by atoms with Crippen LogP contribution >= 0.6 is 11.3 Å². The first-order valence-electron chi connectivity index (χ1n) is 6.11. The van der Waals surface area contributed by atoms with E-state index in [9.17, 15) is 0 Å². The van der Waals surface area contributed by atoms with Gasteiger partial charge >= 0.3 is 0 Å². The maximum atomic E-state index is 5.07. The van der Waals surface area contributed by atoms with Gasteiger partial charge in [-0.05, 0) is 18.9 Å². The highest BCUT2D eigenvalue weighted by atomic mass is 32.1. The fourth-order valence-electron chi connectivity index (χ4n) is 1.70. The highest BCUT2D eigenvalue weighted by Gasteiger charge is 2.03. The zero-order valence-electron chi connectivity index (χ0n) is 10.8. The summed E-state index contributed by atoms with van der Waals surface area (Å²) in [6, 6.07) is 8.52. The Balaban J connectivity index is 2.07. The third-order valence-electron chi connectivity index (χ3n) is 2.68. The molecular weight excluding hydrogens is 244 g/mol. The second kappa shape index (κ2) is 6.52. The smallest absolute Gasteiger partial charge is 0.183 e. The Hall–Kier alpha value is -1.39. The third kappa shape index (κ3) is 3.31. The van der Waals surface area contributed by atoms with Crippen LogP contribution in [0.3, 0.4) is 0 Å². The van der Waals surface area contributed by atoms with Crippen molar-refractivity contribution in [3.63, 3.8) is 0 Å². The van der Waals surface area contributed by atoms with Gasteiger partial charge in [0.15, 0.2) is 5.13 Å². The quantitative estimate of drug-likeness (QED) is 0.866. The number of hydrogen-bond donors (Lipinski definition) is 1. The lowest BCUT2D eigenvalue weighted by molar-refractivity contribution is 0.202. The van der Waals surface area contributed by atoms with E-state index in [1.54, 1.807) is 18.4 Å². The summed E-state index contributed by atoms with van der Waals surface area (Å²) in [5.41, 5.74) is 3.49. The second-order valence-electron chi connectivity index (χ2n) is 4.01. The van der Waals surface area contributed by atoms with Crippen LogP contribution in [-0.4, -0.2) is 25.2 Å². The van der Waals surface area contributed by atoms with Gasteiger partial charge in [0.2, 0.25) is 0 Å². The molecule has 0 spiro atoms. The van der Waals surface area contributed by atoms with Gasteiger partial charge in [-0.3, -0.25) is 0 Å². The first kappa shape index (κ1) is 13.1. The molecule has 0 aliphatic carbocycles. The minimum Gasteiger partial charge on any atom is -0.384 e. The van der Waals surface area contributed by atoms with Gasteiger partial charge in [-0.15, -0.1) is 11.3 Å². The molecule has 2 aromatic rings. The Bertz CT molecular complexity index is 479. The van der Waals surface area contributed by atoms with Gasteiger partial charge in [-0.25, -0.2) is 4.98 Å². The van der Waals surface area contributed by atoms with Crippen molar-refractivity contribution < 1.29 is 4.74 Å². The first-order valence-corrected chi connectivity index (χ1v) is 6.99. The largest absolute Gasteiger partial charge is 0.384 e. The molecule has 4 heteroatoms. The van der Waals surface area contributed by atoms with Gasteiger partial charge in [0.1, 0.15) is 0 Å². The lowest BCUT2D eigenvalue weighted by Crippen LogP contribution is -1.95. The summed E-state index contributed by atoms with van der Waals surface area (Å²) < 4.78 is 5.07. The molecule has 0 unspecified atom stereocenters. The molecule has 1 heterocycles. The minimum absolute atomic E-state index is 0.764. The predicted octanol–water partition coefficient (Wildman–Crippen LogP) is 3.43. The summed E-state index contributed by atoms with van der Waals surface area (Å²) in [7, 11) is 1.73. The molecule has 1 N–H and O–H groups in total. The molecule has 2 rings (SSSR count). The van der Waals surface area contributed by atoms with Crippen molar-refractivity contribution in [2.75, 3.05) is 25.6 Å². The standard InChI is InChI=1S/C14H18N2OS/c1-3-15-14-16-13(10-18-14)12-6-4-11(5-7-12)8-9-17-2/h4-7,10H,3,8-9H2,1-2H3,(H,15,16). The van der Waals surface area contributed by atoms with E-state index in [0.717, 1.165) is 36.0 Å². The Morgan fingerprint density at radius 2 is 2.06 bits per heavy atom. The first-order chi connectivity index (χ1) is 8.83. The Labute approximate surface area is 112 Å². The topological polar surface area (TPSA) is 34.2 Å². The van der Waals surface area contributed by atoms with Crippen molar-refractivity contribution in [2.24, 2.45) is 0 Å². The van der Waals surface area contributed by atoms with Crippen molar-refractivity contribution in [1.82, 2.24) is 4.98 Å². The molecule has 0 aliphatic heterocycles. The van der Waals surface area contributed by atoms with Crippen LogP contribution in [0.1, 0.15) is 12.5 Å². The normalized spacial score (nSPS) is 10.6. The van der Waals surface area contributed by atoms with Crippen LogP contribution in [0, 0.1) is 0 Å². The number of rotatable bonds is 6. The number of methoxy groups -OCH3 is 1. The van der Waals surface area contributed by atoms with Crippen LogP contribution in [-0.2, 0) is 11.2 Å². The zero-order chi connectivity index (χ0) is 12.8. The maximum absolute atomic E-state index is 5.07. The van der Waals surface area contributed by atoms with E-state index in [0.29, 0.717) is 0 Å². The molecule has 0 saturated heterocycles. The molecule has 0 aliphatic rings. The van der Waals surface area contributed by atoms with E-state index in [1.165, 1.54) is 5.56 Å². The molecule has 0 atom stereocenters. The molecule has 96 valence electrons. The number of ether oxygens (including phenoxy) is 1. The average molecular weight is 262 g/mol. The summed E-state index contributed by atoms with van der Waals surface area (Å²) in [6.45, 7) is 3.75. The number of benzene rings is 1. The van der Waals surface area contributed by atoms with E-state index in [2.05, 4.69) is 46.9 Å². The van der Waals surface area contributed by atoms with E-state index in [4.69, 9.17) is 4.74 Å². The molecule has 18 heavy (non-hydrogen) atoms. The van der Waals surface area contributed by atoms with Gasteiger partial charge in [0.25, 0.3) is 0 Å². The maximum Gasteiger partial charge on any atom is 0.183 e. The molecular formula is C14H18N2OS. The fourth-order valence-corrected chi connectivity index (χ4v) is 2.49. The van der Waals surface area contributed by atoms with Gasteiger partial charge in [-0.1, -0.05) is 24.3 Å². The highest BCUT2D eigenvalue weighted by molar-refractivity contribution is 7.14. The third-order valence-corrected chi connectivity index (χ3v) is 3.48. The summed E-state index contributed by atoms with van der Waals surface area (Å²) >= 11 is 1.64. The Morgan fingerprint density at radius 3 is 2.72 bits per heavy atom. The molecule has 3 nitrogen and oxygen atoms in total. The van der Waals surface area contributed by atoms with E-state index in [-0.39, 0.29) is 0 Å². The van der Waals surface area contributed by atoms with Crippen molar-refractivity contribution in [2.45, 2.75) is 13.3 Å². The molecule has 0 amide bonds. The number of nitrogens with one attached hydrogen (secondary N) is 1. The van der Waals surface area contributed by atoms with Crippen LogP contribution in [0.5, 0.6) is 0 Å². The Kier molecular flexibility index (Phi) is 4.73. The number of anilines is 1. The number of hydrogen-bond acceptors (Lipinski definition) is 4. The SMILES string of the molecule is CCNc1nc(-c2ccc(CCOC)cc2)cs1. The summed E-state index contributed by atoms with van der Waals surface area (Å²) in [5.74, 6) is 0. The van der Waals surface area contributed by atoms with E-state index >= 15 is 0 Å². The molecule has 1 aromatic carbocycles. The van der Waals surface area contributed by atoms with E-state index in [1.807, 2.05) is 0 Å². The molecule has 0 saturated carbocycles. The number of nitrogens with zero attached hydrogens (tertiary/aromatic N) is 1. The molecule has 0 fully saturated rings. The molecule has 1 aromatic heterocycles. The van der Waals surface area contributed by atoms with Crippen LogP contribution in [0.25, 0.3) is 11.3 Å². The second-order valence-corrected chi connectivity index (χ2v) is 4.87. The lowest BCUT2D eigenvalue weighted by atomic mass is 10.1. The summed E-state index contributed by atoms with van der Waals surface area (Å²) in [6.07, 6.45) is 0.955. The van der Waals surface area contributed by atoms with Crippen LogP contribution in [0.2, 0.25) is 0 Å². The van der Waals surface area contributed by atoms with Gasteiger partial charge in [0, 0.05) is 24.6 Å². The van der Waals surface area contributed by atoms with Gasteiger partial charge in [0.05, 0.1) is 12.3 Å². The summed E-state index contributed by atoms with van der Waals surface area (Å²) in [5, 5.41) is 6.30. The van der Waals surface area contributed by atoms with Crippen molar-refractivity contribution in [3.05, 3.63) is 35.2 Å². The van der Waals surface area contributed by atoms with Gasteiger partial charge < -0.3 is 10.1 Å². The zero-order valence-corrected chi connectivity index (χ0v) is 11.6. The lowest BCUT2D eigenvalue weighted by Gasteiger charge is -2.02. The summed E-state index contributed by atoms with van der Waals surface area (Å²) in [4.78, 5) is 4.54. The fraction of sp³-hybridized carbons (Fsp3) is 0.357. The molecule has 0 bridgehead atoms. The monoisotopic (exact) mass is 262 g/mol. The van der Waals surface area contributed by atoms with Crippen LogP contribution < -0.4 is 5.32 Å². The van der Waals surface area contributed by atoms with Crippen LogP contribution in [0.15, 0.2) is 29.6 Å². The average Bonchev–Trinajstić information content (AvgIpc) is 2.86.